The third-order valence-corrected chi connectivity index (χ3v) is 0.853. The molecule has 0 radical (unpaired) electrons. The lowest BCUT2D eigenvalue weighted by molar-refractivity contribution is 0.409. The van der Waals surface area contributed by atoms with Crippen molar-refractivity contribution in [2.24, 2.45) is 0 Å². The highest BCUT2D eigenvalue weighted by atomic mass is 19.3. The van der Waals surface area contributed by atoms with E-state index in [9.17, 15) is 8.78 Å². The van der Waals surface area contributed by atoms with Gasteiger partial charge in [-0.3, -0.25) is 0 Å². The summed E-state index contributed by atoms with van der Waals surface area (Å²) >= 11 is 0. The summed E-state index contributed by atoms with van der Waals surface area (Å²) in [4.78, 5) is 0. The van der Waals surface area contributed by atoms with Gasteiger partial charge in [0.25, 0.3) is 6.08 Å². The van der Waals surface area contributed by atoms with Crippen molar-refractivity contribution in [2.45, 2.75) is 20.3 Å². The van der Waals surface area contributed by atoms with Crippen LogP contribution in [-0.4, -0.2) is 0 Å². The first-order valence-corrected chi connectivity index (χ1v) is 2.19. The third-order valence-electron chi connectivity index (χ3n) is 0.853. The molecule has 0 heterocycles. The first-order chi connectivity index (χ1) is 3.18. The standard InChI is InChI=1S/C5H8F2/c1-3-4(2)5(6)7/h3H2,1-2H3. The van der Waals surface area contributed by atoms with Crippen molar-refractivity contribution in [3.63, 3.8) is 0 Å². The van der Waals surface area contributed by atoms with E-state index in [2.05, 4.69) is 0 Å². The highest BCUT2D eigenvalue weighted by Gasteiger charge is 1.92. The topological polar surface area (TPSA) is 0 Å². The fourth-order valence-corrected chi connectivity index (χ4v) is 0.134. The second-order valence-electron chi connectivity index (χ2n) is 1.39. The van der Waals surface area contributed by atoms with Crippen molar-refractivity contribution in [2.75, 3.05) is 0 Å². The molecule has 0 saturated carbocycles. The van der Waals surface area contributed by atoms with Crippen molar-refractivity contribution in [1.29, 1.82) is 0 Å². The Morgan fingerprint density at radius 3 is 1.86 bits per heavy atom. The molecule has 0 atom stereocenters. The van der Waals surface area contributed by atoms with Crippen molar-refractivity contribution < 1.29 is 8.78 Å². The summed E-state index contributed by atoms with van der Waals surface area (Å²) in [5.74, 6) is 0. The lowest BCUT2D eigenvalue weighted by Crippen LogP contribution is -1.70. The van der Waals surface area contributed by atoms with E-state index in [0.717, 1.165) is 0 Å². The Kier molecular flexibility index (Phi) is 2.56. The molecule has 42 valence electrons. The normalized spacial score (nSPS) is 8.57. The van der Waals surface area contributed by atoms with Gasteiger partial charge in [0.15, 0.2) is 0 Å². The number of halogens is 2. The molecule has 0 spiro atoms. The molecule has 0 aromatic carbocycles. The van der Waals surface area contributed by atoms with Crippen LogP contribution in [-0.2, 0) is 0 Å². The van der Waals surface area contributed by atoms with Gasteiger partial charge in [0, 0.05) is 0 Å². The molecular weight excluding hydrogens is 98.1 g/mol. The SMILES string of the molecule is CCC(C)=C(F)F. The van der Waals surface area contributed by atoms with Crippen LogP contribution in [0.3, 0.4) is 0 Å². The van der Waals surface area contributed by atoms with Gasteiger partial charge in [-0.25, -0.2) is 0 Å². The molecule has 2 heteroatoms. The van der Waals surface area contributed by atoms with Crippen molar-refractivity contribution >= 4 is 0 Å². The van der Waals surface area contributed by atoms with Crippen LogP contribution in [0.5, 0.6) is 0 Å². The minimum atomic E-state index is -1.54. The van der Waals surface area contributed by atoms with Crippen molar-refractivity contribution in [1.82, 2.24) is 0 Å². The fraction of sp³-hybridized carbons (Fsp3) is 0.600. The second-order valence-corrected chi connectivity index (χ2v) is 1.39. The molecule has 0 aliphatic rings. The first kappa shape index (κ1) is 6.60. The maximum absolute atomic E-state index is 11.3. The first-order valence-electron chi connectivity index (χ1n) is 2.19. The average Bonchev–Trinajstić information content (AvgIpc) is 1.65. The molecule has 0 unspecified atom stereocenters. The predicted octanol–water partition coefficient (Wildman–Crippen LogP) is 2.57. The van der Waals surface area contributed by atoms with E-state index in [1.54, 1.807) is 6.92 Å². The Bertz CT molecular complexity index is 80.1. The van der Waals surface area contributed by atoms with Crippen LogP contribution in [0.4, 0.5) is 8.78 Å². The van der Waals surface area contributed by atoms with E-state index in [0.29, 0.717) is 6.42 Å². The molecule has 0 bridgehead atoms. The van der Waals surface area contributed by atoms with Gasteiger partial charge in [-0.2, -0.15) is 8.78 Å². The summed E-state index contributed by atoms with van der Waals surface area (Å²) in [5, 5.41) is 0. The van der Waals surface area contributed by atoms with Gasteiger partial charge in [0.1, 0.15) is 0 Å². The van der Waals surface area contributed by atoms with E-state index < -0.39 is 6.08 Å². The molecule has 7 heavy (non-hydrogen) atoms. The maximum Gasteiger partial charge on any atom is 0.269 e. The van der Waals surface area contributed by atoms with E-state index in [1.165, 1.54) is 6.92 Å². The molecule has 0 nitrogen and oxygen atoms in total. The summed E-state index contributed by atoms with van der Waals surface area (Å²) < 4.78 is 22.6. The quantitative estimate of drug-likeness (QED) is 0.482. The van der Waals surface area contributed by atoms with Crippen LogP contribution in [0.15, 0.2) is 11.7 Å². The van der Waals surface area contributed by atoms with Crippen LogP contribution in [0.2, 0.25) is 0 Å². The van der Waals surface area contributed by atoms with Crippen LogP contribution in [0.1, 0.15) is 20.3 Å². The summed E-state index contributed by atoms with van der Waals surface area (Å²) in [5.41, 5.74) is 0.181. The number of hydrogen-bond donors (Lipinski definition) is 0. The molecule has 0 saturated heterocycles. The highest BCUT2D eigenvalue weighted by molar-refractivity contribution is 4.96. The number of allylic oxidation sites excluding steroid dienone is 1. The molecule has 0 N–H and O–H groups in total. The number of hydrogen-bond acceptors (Lipinski definition) is 0. The second kappa shape index (κ2) is 2.72. The molecule has 0 aromatic rings. The van der Waals surface area contributed by atoms with Gasteiger partial charge >= 0.3 is 0 Å². The summed E-state index contributed by atoms with van der Waals surface area (Å²) in [6.45, 7) is 3.13. The van der Waals surface area contributed by atoms with Gasteiger partial charge in [-0.1, -0.05) is 6.92 Å². The summed E-state index contributed by atoms with van der Waals surface area (Å²) in [6, 6.07) is 0. The van der Waals surface area contributed by atoms with Gasteiger partial charge in [-0.05, 0) is 18.9 Å². The average molecular weight is 106 g/mol. The van der Waals surface area contributed by atoms with Crippen LogP contribution in [0, 0.1) is 0 Å². The Labute approximate surface area is 41.8 Å². The summed E-state index contributed by atoms with van der Waals surface area (Å²) in [7, 11) is 0. The summed E-state index contributed by atoms with van der Waals surface area (Å²) in [6.07, 6.45) is -1.09. The Balaban J connectivity index is 3.72. The van der Waals surface area contributed by atoms with E-state index in [4.69, 9.17) is 0 Å². The monoisotopic (exact) mass is 106 g/mol. The molecule has 0 fully saturated rings. The maximum atomic E-state index is 11.3. The fourth-order valence-electron chi connectivity index (χ4n) is 0.134. The Morgan fingerprint density at radius 1 is 1.43 bits per heavy atom. The molecule has 0 amide bonds. The van der Waals surface area contributed by atoms with E-state index in [-0.39, 0.29) is 5.57 Å². The van der Waals surface area contributed by atoms with Gasteiger partial charge in [-0.15, -0.1) is 0 Å². The molecule has 0 aliphatic heterocycles. The Morgan fingerprint density at radius 2 is 1.86 bits per heavy atom. The molecule has 0 aromatic heterocycles. The smallest absolute Gasteiger partial charge is 0.173 e. The minimum Gasteiger partial charge on any atom is -0.173 e. The molecule has 0 rings (SSSR count). The lowest BCUT2D eigenvalue weighted by atomic mass is 10.3. The van der Waals surface area contributed by atoms with Crippen LogP contribution in [0.25, 0.3) is 0 Å². The molecular formula is C5H8F2. The molecule has 0 aliphatic carbocycles. The lowest BCUT2D eigenvalue weighted by Gasteiger charge is -1.86. The number of rotatable bonds is 1. The largest absolute Gasteiger partial charge is 0.269 e. The van der Waals surface area contributed by atoms with Crippen LogP contribution >= 0.6 is 0 Å². The zero-order valence-electron chi connectivity index (χ0n) is 4.46. The van der Waals surface area contributed by atoms with E-state index in [1.807, 2.05) is 0 Å². The van der Waals surface area contributed by atoms with Crippen LogP contribution < -0.4 is 0 Å². The Hall–Kier alpha value is -0.400. The van der Waals surface area contributed by atoms with Crippen molar-refractivity contribution in [3.05, 3.63) is 11.7 Å². The minimum absolute atomic E-state index is 0.181. The zero-order chi connectivity index (χ0) is 5.86. The highest BCUT2D eigenvalue weighted by Crippen LogP contribution is 2.08. The zero-order valence-corrected chi connectivity index (χ0v) is 4.46. The predicted molar refractivity (Wildman–Crippen MR) is 25.2 cm³/mol. The van der Waals surface area contributed by atoms with Gasteiger partial charge in [0.05, 0.1) is 0 Å². The third kappa shape index (κ3) is 2.31. The van der Waals surface area contributed by atoms with Gasteiger partial charge in [0.2, 0.25) is 0 Å². The van der Waals surface area contributed by atoms with Crippen molar-refractivity contribution in [3.8, 4) is 0 Å². The van der Waals surface area contributed by atoms with Gasteiger partial charge < -0.3 is 0 Å². The van der Waals surface area contributed by atoms with E-state index >= 15 is 0 Å².